The number of thiazole rings is 2. The molecule has 0 N–H and O–H groups in total. The lowest BCUT2D eigenvalue weighted by atomic mass is 10.3. The van der Waals surface area contributed by atoms with E-state index in [1.165, 1.54) is 22.7 Å². The fraction of sp³-hybridized carbons (Fsp3) is 0.348. The molecule has 4 aromatic rings. The minimum Gasteiger partial charge on any atom is -0.497 e. The summed E-state index contributed by atoms with van der Waals surface area (Å²) in [4.78, 5) is 27.1. The van der Waals surface area contributed by atoms with E-state index in [0.29, 0.717) is 16.7 Å². The van der Waals surface area contributed by atoms with Gasteiger partial charge >= 0.3 is 0 Å². The summed E-state index contributed by atoms with van der Waals surface area (Å²) in [5.41, 5.74) is 1.71. The molecule has 2 aromatic carbocycles. The van der Waals surface area contributed by atoms with E-state index < -0.39 is 0 Å². The predicted octanol–water partition coefficient (Wildman–Crippen LogP) is 4.71. The molecule has 0 saturated carbocycles. The average Bonchev–Trinajstić information content (AvgIpc) is 3.45. The van der Waals surface area contributed by atoms with Crippen molar-refractivity contribution in [2.75, 3.05) is 51.4 Å². The number of nitrogens with zero attached hydrogens (tertiary/aromatic N) is 4. The number of benzene rings is 2. The molecule has 0 atom stereocenters. The molecule has 0 unspecified atom stereocenters. The number of hydrogen-bond donors (Lipinski definition) is 0. The maximum atomic E-state index is 13.6. The largest absolute Gasteiger partial charge is 0.497 e. The first kappa shape index (κ1) is 23.8. The van der Waals surface area contributed by atoms with Crippen LogP contribution >= 0.6 is 35.1 Å². The van der Waals surface area contributed by atoms with E-state index >= 15 is 0 Å². The summed E-state index contributed by atoms with van der Waals surface area (Å²) >= 11 is 2.94. The van der Waals surface area contributed by atoms with Crippen molar-refractivity contribution in [3.8, 4) is 5.75 Å². The smallest absolute Gasteiger partial charge is 0.289 e. The van der Waals surface area contributed by atoms with Gasteiger partial charge in [-0.2, -0.15) is 0 Å². The highest BCUT2D eigenvalue weighted by molar-refractivity contribution is 7.23. The van der Waals surface area contributed by atoms with Crippen molar-refractivity contribution in [2.24, 2.45) is 0 Å². The SMILES string of the molecule is COc1ccc2nc(N(CCCN3CCOCC3)C(=O)c3nc4ccccc4s3)sc2c1.Cl. The van der Waals surface area contributed by atoms with Crippen molar-refractivity contribution in [1.82, 2.24) is 14.9 Å². The minimum atomic E-state index is -0.0980. The highest BCUT2D eigenvalue weighted by Crippen LogP contribution is 2.33. The number of rotatable bonds is 7. The van der Waals surface area contributed by atoms with Gasteiger partial charge in [0.15, 0.2) is 10.1 Å². The van der Waals surface area contributed by atoms with Crippen molar-refractivity contribution in [2.45, 2.75) is 6.42 Å². The van der Waals surface area contributed by atoms with Crippen LogP contribution in [-0.2, 0) is 4.74 Å². The number of anilines is 1. The molecule has 1 saturated heterocycles. The number of fused-ring (bicyclic) bond motifs is 2. The Bertz CT molecular complexity index is 1210. The zero-order chi connectivity index (χ0) is 21.9. The second-order valence-electron chi connectivity index (χ2n) is 7.58. The molecule has 33 heavy (non-hydrogen) atoms. The molecule has 0 spiro atoms. The molecule has 0 radical (unpaired) electrons. The Kier molecular flexibility index (Phi) is 7.77. The summed E-state index contributed by atoms with van der Waals surface area (Å²) in [6.45, 7) is 4.93. The number of amides is 1. The maximum Gasteiger partial charge on any atom is 0.289 e. The van der Waals surface area contributed by atoms with Crippen molar-refractivity contribution in [3.05, 3.63) is 47.5 Å². The molecule has 10 heteroatoms. The fourth-order valence-electron chi connectivity index (χ4n) is 3.78. The zero-order valence-corrected chi connectivity index (χ0v) is 20.7. The summed E-state index contributed by atoms with van der Waals surface area (Å²) in [7, 11) is 1.65. The predicted molar refractivity (Wildman–Crippen MR) is 137 cm³/mol. The zero-order valence-electron chi connectivity index (χ0n) is 18.2. The van der Waals surface area contributed by atoms with Crippen LogP contribution in [0.3, 0.4) is 0 Å². The van der Waals surface area contributed by atoms with Gasteiger partial charge in [-0.15, -0.1) is 23.7 Å². The van der Waals surface area contributed by atoms with E-state index in [2.05, 4.69) is 9.88 Å². The summed E-state index contributed by atoms with van der Waals surface area (Å²) in [6, 6.07) is 13.6. The lowest BCUT2D eigenvalue weighted by molar-refractivity contribution is 0.0376. The van der Waals surface area contributed by atoms with Gasteiger partial charge in [0.05, 0.1) is 40.8 Å². The van der Waals surface area contributed by atoms with Gasteiger partial charge in [-0.3, -0.25) is 14.6 Å². The van der Waals surface area contributed by atoms with Gasteiger partial charge < -0.3 is 9.47 Å². The first-order chi connectivity index (χ1) is 15.7. The summed E-state index contributed by atoms with van der Waals surface area (Å²) in [5.74, 6) is 0.684. The molecular formula is C23H25ClN4O3S2. The van der Waals surface area contributed by atoms with E-state index in [0.717, 1.165) is 65.5 Å². The summed E-state index contributed by atoms with van der Waals surface area (Å²) in [6.07, 6.45) is 0.857. The maximum absolute atomic E-state index is 13.6. The molecule has 5 rings (SSSR count). The van der Waals surface area contributed by atoms with Gasteiger partial charge in [0.25, 0.3) is 5.91 Å². The lowest BCUT2D eigenvalue weighted by Gasteiger charge is -2.27. The van der Waals surface area contributed by atoms with Crippen LogP contribution < -0.4 is 9.64 Å². The van der Waals surface area contributed by atoms with Crippen LogP contribution in [0.4, 0.5) is 5.13 Å². The molecule has 0 bridgehead atoms. The molecular weight excluding hydrogens is 480 g/mol. The number of para-hydroxylation sites is 1. The van der Waals surface area contributed by atoms with E-state index in [-0.39, 0.29) is 18.3 Å². The average molecular weight is 505 g/mol. The first-order valence-corrected chi connectivity index (χ1v) is 12.3. The van der Waals surface area contributed by atoms with Gasteiger partial charge in [-0.1, -0.05) is 23.5 Å². The third-order valence-electron chi connectivity index (χ3n) is 5.50. The number of aromatic nitrogens is 2. The van der Waals surface area contributed by atoms with Crippen LogP contribution in [0.5, 0.6) is 5.75 Å². The molecule has 174 valence electrons. The highest BCUT2D eigenvalue weighted by Gasteiger charge is 2.24. The number of halogens is 1. The Morgan fingerprint density at radius 3 is 2.67 bits per heavy atom. The normalized spacial score (nSPS) is 14.3. The third kappa shape index (κ3) is 5.28. The van der Waals surface area contributed by atoms with Crippen molar-refractivity contribution < 1.29 is 14.3 Å². The van der Waals surface area contributed by atoms with Crippen LogP contribution in [0.15, 0.2) is 42.5 Å². The Morgan fingerprint density at radius 2 is 1.88 bits per heavy atom. The number of carbonyl (C=O) groups excluding carboxylic acids is 1. The molecule has 2 aromatic heterocycles. The van der Waals surface area contributed by atoms with Gasteiger partial charge in [0, 0.05) is 26.2 Å². The van der Waals surface area contributed by atoms with Crippen molar-refractivity contribution >= 4 is 66.6 Å². The quantitative estimate of drug-likeness (QED) is 0.363. The minimum absolute atomic E-state index is 0. The van der Waals surface area contributed by atoms with Crippen LogP contribution in [0.2, 0.25) is 0 Å². The Balaban J connectivity index is 0.00000259. The number of morpholine rings is 1. The second kappa shape index (κ2) is 10.8. The number of ether oxygens (including phenoxy) is 2. The summed E-state index contributed by atoms with van der Waals surface area (Å²) in [5, 5.41) is 1.19. The van der Waals surface area contributed by atoms with Crippen LogP contribution in [0, 0.1) is 0 Å². The standard InChI is InChI=1S/C23H24N4O3S2.ClH/c1-29-16-7-8-18-20(15-16)32-23(25-18)27(10-4-9-26-11-13-30-14-12-26)22(28)21-24-17-5-2-3-6-19(17)31-21;/h2-3,5-8,15H,4,9-14H2,1H3;1H. The number of carbonyl (C=O) groups is 1. The van der Waals surface area contributed by atoms with Crippen molar-refractivity contribution in [3.63, 3.8) is 0 Å². The van der Waals surface area contributed by atoms with E-state index in [1.54, 1.807) is 12.0 Å². The molecule has 1 fully saturated rings. The Hall–Kier alpha value is -2.30. The monoisotopic (exact) mass is 504 g/mol. The third-order valence-corrected chi connectivity index (χ3v) is 7.56. The fourth-order valence-corrected chi connectivity index (χ4v) is 5.71. The Morgan fingerprint density at radius 1 is 1.09 bits per heavy atom. The highest BCUT2D eigenvalue weighted by atomic mass is 35.5. The van der Waals surface area contributed by atoms with E-state index in [4.69, 9.17) is 14.5 Å². The molecule has 1 aliphatic rings. The van der Waals surface area contributed by atoms with Crippen LogP contribution in [0.25, 0.3) is 20.4 Å². The molecule has 0 aliphatic carbocycles. The second-order valence-corrected chi connectivity index (χ2v) is 9.62. The van der Waals surface area contributed by atoms with E-state index in [9.17, 15) is 4.79 Å². The molecule has 1 amide bonds. The van der Waals surface area contributed by atoms with Crippen LogP contribution in [0.1, 0.15) is 16.2 Å². The number of methoxy groups -OCH3 is 1. The Labute approximate surface area is 206 Å². The molecule has 7 nitrogen and oxygen atoms in total. The molecule has 1 aliphatic heterocycles. The van der Waals surface area contributed by atoms with Gasteiger partial charge in [0.2, 0.25) is 0 Å². The lowest BCUT2D eigenvalue weighted by Crippen LogP contribution is -2.39. The van der Waals surface area contributed by atoms with Gasteiger partial charge in [0.1, 0.15) is 5.75 Å². The van der Waals surface area contributed by atoms with Crippen molar-refractivity contribution in [1.29, 1.82) is 0 Å². The summed E-state index contributed by atoms with van der Waals surface area (Å²) < 4.78 is 12.8. The molecule has 3 heterocycles. The van der Waals surface area contributed by atoms with Gasteiger partial charge in [-0.05, 0) is 36.8 Å². The van der Waals surface area contributed by atoms with Gasteiger partial charge in [-0.25, -0.2) is 9.97 Å². The first-order valence-electron chi connectivity index (χ1n) is 10.6. The number of hydrogen-bond acceptors (Lipinski definition) is 8. The van der Waals surface area contributed by atoms with E-state index in [1.807, 2.05) is 42.5 Å². The van der Waals surface area contributed by atoms with Crippen LogP contribution in [-0.4, -0.2) is 67.3 Å². The topological polar surface area (TPSA) is 67.8 Å².